The molecule has 2 atom stereocenters. The van der Waals surface area contributed by atoms with Crippen molar-refractivity contribution in [2.24, 2.45) is 0 Å². The van der Waals surface area contributed by atoms with Crippen molar-refractivity contribution in [2.75, 3.05) is 13.7 Å². The maximum Gasteiger partial charge on any atom is 0.326 e. The first-order chi connectivity index (χ1) is 12.8. The molecule has 0 aliphatic carbocycles. The Bertz CT molecular complexity index is 718. The average molecular weight is 377 g/mol. The third kappa shape index (κ3) is 5.71. The topological polar surface area (TPSA) is 126 Å². The zero-order valence-corrected chi connectivity index (χ0v) is 15.2. The van der Waals surface area contributed by atoms with Gasteiger partial charge in [-0.05, 0) is 30.7 Å². The predicted octanol–water partition coefficient (Wildman–Crippen LogP) is 0.121. The molecule has 0 aromatic heterocycles. The van der Waals surface area contributed by atoms with Crippen molar-refractivity contribution in [1.29, 1.82) is 0 Å². The largest absolute Gasteiger partial charge is 0.497 e. The molecule has 0 radical (unpaired) electrons. The summed E-state index contributed by atoms with van der Waals surface area (Å²) < 4.78 is 5.06. The molecule has 146 valence electrons. The lowest BCUT2D eigenvalue weighted by Gasteiger charge is -2.20. The number of hydrogen-bond acceptors (Lipinski definition) is 6. The lowest BCUT2D eigenvalue weighted by atomic mass is 10.0. The van der Waals surface area contributed by atoms with E-state index in [1.54, 1.807) is 44.4 Å². The van der Waals surface area contributed by atoms with Gasteiger partial charge in [0.15, 0.2) is 5.54 Å². The minimum absolute atomic E-state index is 0.0429. The van der Waals surface area contributed by atoms with Gasteiger partial charge in [-0.2, -0.15) is 0 Å². The van der Waals surface area contributed by atoms with Gasteiger partial charge in [0.05, 0.1) is 7.11 Å². The number of amides is 2. The number of carboxylic acids is 1. The van der Waals surface area contributed by atoms with Gasteiger partial charge in [-0.15, -0.1) is 5.48 Å². The van der Waals surface area contributed by atoms with Gasteiger partial charge in [0, 0.05) is 19.4 Å². The van der Waals surface area contributed by atoms with E-state index in [0.717, 1.165) is 5.56 Å². The van der Waals surface area contributed by atoms with Gasteiger partial charge in [0.25, 0.3) is 0 Å². The maximum atomic E-state index is 12.0. The van der Waals surface area contributed by atoms with Crippen molar-refractivity contribution in [3.05, 3.63) is 42.2 Å². The van der Waals surface area contributed by atoms with E-state index in [1.165, 1.54) is 6.26 Å². The summed E-state index contributed by atoms with van der Waals surface area (Å²) >= 11 is 0. The van der Waals surface area contributed by atoms with E-state index in [0.29, 0.717) is 5.75 Å². The number of rotatable bonds is 9. The highest BCUT2D eigenvalue weighted by molar-refractivity contribution is 5.89. The Hall–Kier alpha value is -3.07. The van der Waals surface area contributed by atoms with Crippen LogP contribution in [0.1, 0.15) is 18.9 Å². The minimum atomic E-state index is -1.13. The summed E-state index contributed by atoms with van der Waals surface area (Å²) in [6.07, 6.45) is 3.01. The number of nitrogens with one attached hydrogen (secondary N) is 3. The number of carboxylic acid groups (broad SMARTS) is 1. The molecule has 1 aromatic carbocycles. The number of methoxy groups -OCH3 is 1. The SMILES string of the molecule is COc1ccc(C[C@H](NC(=O)CCNC(=O)[C@]2(C)C=CON2)C(=O)O)cc1. The predicted molar refractivity (Wildman–Crippen MR) is 95.7 cm³/mol. The minimum Gasteiger partial charge on any atom is -0.497 e. The van der Waals surface area contributed by atoms with E-state index >= 15 is 0 Å². The summed E-state index contributed by atoms with van der Waals surface area (Å²) in [5.74, 6) is -1.28. The van der Waals surface area contributed by atoms with Crippen LogP contribution in [0, 0.1) is 0 Å². The lowest BCUT2D eigenvalue weighted by molar-refractivity contribution is -0.141. The van der Waals surface area contributed by atoms with Crippen LogP contribution in [0.3, 0.4) is 0 Å². The van der Waals surface area contributed by atoms with Crippen molar-refractivity contribution < 1.29 is 29.1 Å². The van der Waals surface area contributed by atoms with Crippen molar-refractivity contribution in [3.8, 4) is 5.75 Å². The van der Waals surface area contributed by atoms with Crippen LogP contribution in [-0.2, 0) is 25.6 Å². The van der Waals surface area contributed by atoms with E-state index < -0.39 is 23.5 Å². The van der Waals surface area contributed by atoms with Crippen LogP contribution in [-0.4, -0.2) is 48.1 Å². The summed E-state index contributed by atoms with van der Waals surface area (Å²) in [6, 6.07) is 5.87. The van der Waals surface area contributed by atoms with E-state index in [4.69, 9.17) is 9.57 Å². The quantitative estimate of drug-likeness (QED) is 0.482. The molecule has 9 heteroatoms. The zero-order valence-electron chi connectivity index (χ0n) is 15.2. The van der Waals surface area contributed by atoms with Crippen LogP contribution < -0.4 is 20.9 Å². The van der Waals surface area contributed by atoms with Gasteiger partial charge in [0.1, 0.15) is 18.1 Å². The zero-order chi connectivity index (χ0) is 19.9. The summed E-state index contributed by atoms with van der Waals surface area (Å²) in [7, 11) is 1.54. The summed E-state index contributed by atoms with van der Waals surface area (Å²) in [5.41, 5.74) is 2.31. The van der Waals surface area contributed by atoms with E-state index in [1.807, 2.05) is 0 Å². The van der Waals surface area contributed by atoms with Crippen molar-refractivity contribution >= 4 is 17.8 Å². The Morgan fingerprint density at radius 2 is 2.00 bits per heavy atom. The first-order valence-corrected chi connectivity index (χ1v) is 8.38. The van der Waals surface area contributed by atoms with Gasteiger partial charge >= 0.3 is 5.97 Å². The molecular weight excluding hydrogens is 354 g/mol. The van der Waals surface area contributed by atoms with E-state index in [-0.39, 0.29) is 25.3 Å². The molecular formula is C18H23N3O6. The van der Waals surface area contributed by atoms with Crippen LogP contribution in [0.15, 0.2) is 36.6 Å². The number of hydrogen-bond donors (Lipinski definition) is 4. The molecule has 0 saturated carbocycles. The first kappa shape index (κ1) is 20.2. The Labute approximate surface area is 156 Å². The second kappa shape index (κ2) is 9.04. The van der Waals surface area contributed by atoms with Gasteiger partial charge in [0.2, 0.25) is 11.8 Å². The monoisotopic (exact) mass is 377 g/mol. The van der Waals surface area contributed by atoms with Gasteiger partial charge < -0.3 is 25.3 Å². The number of benzene rings is 1. The van der Waals surface area contributed by atoms with Gasteiger partial charge in [-0.25, -0.2) is 4.79 Å². The summed E-state index contributed by atoms with van der Waals surface area (Å²) in [4.78, 5) is 40.3. The summed E-state index contributed by atoms with van der Waals surface area (Å²) in [5, 5.41) is 14.4. The van der Waals surface area contributed by atoms with Gasteiger partial charge in [-0.1, -0.05) is 12.1 Å². The second-order valence-corrected chi connectivity index (χ2v) is 6.24. The molecule has 1 aliphatic heterocycles. The highest BCUT2D eigenvalue weighted by Crippen LogP contribution is 2.13. The summed E-state index contributed by atoms with van der Waals surface area (Å²) in [6.45, 7) is 1.70. The molecule has 2 rings (SSSR count). The van der Waals surface area contributed by atoms with Crippen molar-refractivity contribution in [2.45, 2.75) is 31.3 Å². The second-order valence-electron chi connectivity index (χ2n) is 6.24. The van der Waals surface area contributed by atoms with Crippen molar-refractivity contribution in [3.63, 3.8) is 0 Å². The normalized spacial score (nSPS) is 19.0. The number of hydroxylamine groups is 1. The number of carbonyl (C=O) groups is 3. The Kier molecular flexibility index (Phi) is 6.78. The molecule has 0 fully saturated rings. The number of carbonyl (C=O) groups excluding carboxylic acids is 2. The van der Waals surface area contributed by atoms with Crippen LogP contribution >= 0.6 is 0 Å². The number of ether oxygens (including phenoxy) is 1. The fraction of sp³-hybridized carbons (Fsp3) is 0.389. The standard InChI is InChI=1S/C18H23N3O6/c1-18(8-10-27-21-18)17(25)19-9-7-15(22)20-14(16(23)24)11-12-3-5-13(26-2)6-4-12/h3-6,8,10,14,21H,7,9,11H2,1-2H3,(H,19,25)(H,20,22)(H,23,24)/t14-,18-/m0/s1. The van der Waals surface area contributed by atoms with Crippen LogP contribution in [0.4, 0.5) is 0 Å². The van der Waals surface area contributed by atoms with E-state index in [9.17, 15) is 19.5 Å². The molecule has 0 bridgehead atoms. The fourth-order valence-electron chi connectivity index (χ4n) is 2.42. The molecule has 9 nitrogen and oxygen atoms in total. The molecule has 1 aliphatic rings. The lowest BCUT2D eigenvalue weighted by Crippen LogP contribution is -2.51. The van der Waals surface area contributed by atoms with Crippen LogP contribution in [0.2, 0.25) is 0 Å². The molecule has 0 unspecified atom stereocenters. The average Bonchev–Trinajstić information content (AvgIpc) is 3.09. The Balaban J connectivity index is 1.81. The molecule has 1 heterocycles. The molecule has 1 aromatic rings. The Morgan fingerprint density at radius 3 is 2.56 bits per heavy atom. The van der Waals surface area contributed by atoms with Gasteiger partial charge in [-0.3, -0.25) is 9.59 Å². The third-order valence-electron chi connectivity index (χ3n) is 4.08. The fourth-order valence-corrected chi connectivity index (χ4v) is 2.42. The maximum absolute atomic E-state index is 12.0. The molecule has 4 N–H and O–H groups in total. The smallest absolute Gasteiger partial charge is 0.326 e. The third-order valence-corrected chi connectivity index (χ3v) is 4.08. The Morgan fingerprint density at radius 1 is 1.30 bits per heavy atom. The molecule has 2 amide bonds. The highest BCUT2D eigenvalue weighted by Gasteiger charge is 2.34. The highest BCUT2D eigenvalue weighted by atomic mass is 16.6. The van der Waals surface area contributed by atoms with Crippen molar-refractivity contribution in [1.82, 2.24) is 16.1 Å². The molecule has 0 saturated heterocycles. The molecule has 0 spiro atoms. The molecule has 27 heavy (non-hydrogen) atoms. The van der Waals surface area contributed by atoms with Crippen LogP contribution in [0.25, 0.3) is 0 Å². The number of aliphatic carboxylic acids is 1. The first-order valence-electron chi connectivity index (χ1n) is 8.38. The van der Waals surface area contributed by atoms with Crippen LogP contribution in [0.5, 0.6) is 5.75 Å². The van der Waals surface area contributed by atoms with E-state index in [2.05, 4.69) is 16.1 Å².